The van der Waals surface area contributed by atoms with E-state index in [1.165, 1.54) is 19.3 Å². The molecular weight excluding hydrogens is 120 g/mol. The minimum absolute atomic E-state index is 0.699. The van der Waals surface area contributed by atoms with Gasteiger partial charge in [0, 0.05) is 0 Å². The molecule has 0 spiro atoms. The molecule has 1 rings (SSSR count). The van der Waals surface area contributed by atoms with E-state index in [4.69, 9.17) is 0 Å². The first kappa shape index (κ1) is 7.59. The van der Waals surface area contributed by atoms with E-state index in [-0.39, 0.29) is 0 Å². The lowest BCUT2D eigenvalue weighted by atomic mass is 9.84. The van der Waals surface area contributed by atoms with Gasteiger partial charge in [0.05, 0.1) is 0 Å². The molecule has 0 heteroatoms. The molecule has 1 aliphatic carbocycles. The molecule has 10 heavy (non-hydrogen) atoms. The standard InChI is InChI=1S/C10H16/c1-3-9(2)10-7-5-4-6-8-10/h3-5,9-10H,1,6-8H2,2H3. The molecule has 0 radical (unpaired) electrons. The van der Waals surface area contributed by atoms with Crippen molar-refractivity contribution < 1.29 is 0 Å². The van der Waals surface area contributed by atoms with Gasteiger partial charge in [0.2, 0.25) is 0 Å². The number of allylic oxidation sites excluding steroid dienone is 3. The predicted octanol–water partition coefficient (Wildman–Crippen LogP) is 3.16. The first-order valence-corrected chi connectivity index (χ1v) is 4.12. The van der Waals surface area contributed by atoms with Crippen molar-refractivity contribution in [3.8, 4) is 0 Å². The maximum Gasteiger partial charge on any atom is -0.0233 e. The lowest BCUT2D eigenvalue weighted by Gasteiger charge is -2.21. The summed E-state index contributed by atoms with van der Waals surface area (Å²) in [6.45, 7) is 6.07. The molecule has 0 heterocycles. The van der Waals surface area contributed by atoms with E-state index < -0.39 is 0 Å². The van der Waals surface area contributed by atoms with Crippen LogP contribution in [0.15, 0.2) is 24.8 Å². The highest BCUT2D eigenvalue weighted by atomic mass is 14.2. The van der Waals surface area contributed by atoms with E-state index in [0.717, 1.165) is 5.92 Å². The van der Waals surface area contributed by atoms with Gasteiger partial charge in [-0.15, -0.1) is 6.58 Å². The quantitative estimate of drug-likeness (QED) is 0.511. The van der Waals surface area contributed by atoms with Crippen molar-refractivity contribution in [2.45, 2.75) is 26.2 Å². The van der Waals surface area contributed by atoms with E-state index in [2.05, 4.69) is 31.7 Å². The summed E-state index contributed by atoms with van der Waals surface area (Å²) in [5.41, 5.74) is 0. The maximum absolute atomic E-state index is 3.81. The third kappa shape index (κ3) is 1.73. The summed E-state index contributed by atoms with van der Waals surface area (Å²) in [5.74, 6) is 1.56. The van der Waals surface area contributed by atoms with Gasteiger partial charge in [-0.25, -0.2) is 0 Å². The van der Waals surface area contributed by atoms with Crippen LogP contribution in [0.5, 0.6) is 0 Å². The molecule has 2 atom stereocenters. The smallest absolute Gasteiger partial charge is 0.0233 e. The number of rotatable bonds is 2. The Morgan fingerprint density at radius 2 is 2.40 bits per heavy atom. The molecule has 0 aromatic rings. The van der Waals surface area contributed by atoms with Crippen LogP contribution in [-0.4, -0.2) is 0 Å². The van der Waals surface area contributed by atoms with Gasteiger partial charge in [-0.1, -0.05) is 25.2 Å². The fraction of sp³-hybridized carbons (Fsp3) is 0.600. The van der Waals surface area contributed by atoms with Gasteiger partial charge >= 0.3 is 0 Å². The summed E-state index contributed by atoms with van der Waals surface area (Å²) < 4.78 is 0. The van der Waals surface area contributed by atoms with Gasteiger partial charge in [-0.2, -0.15) is 0 Å². The fourth-order valence-corrected chi connectivity index (χ4v) is 1.49. The number of hydrogen-bond donors (Lipinski definition) is 0. The third-order valence-corrected chi connectivity index (χ3v) is 2.42. The van der Waals surface area contributed by atoms with Crippen LogP contribution >= 0.6 is 0 Å². The molecule has 2 unspecified atom stereocenters. The van der Waals surface area contributed by atoms with Crippen LogP contribution in [0.4, 0.5) is 0 Å². The van der Waals surface area contributed by atoms with Gasteiger partial charge in [0.15, 0.2) is 0 Å². The highest BCUT2D eigenvalue weighted by Crippen LogP contribution is 2.25. The average molecular weight is 136 g/mol. The highest BCUT2D eigenvalue weighted by molar-refractivity contribution is 4.94. The zero-order valence-corrected chi connectivity index (χ0v) is 6.72. The van der Waals surface area contributed by atoms with Crippen molar-refractivity contribution in [1.29, 1.82) is 0 Å². The molecule has 0 nitrogen and oxygen atoms in total. The van der Waals surface area contributed by atoms with Crippen LogP contribution in [0, 0.1) is 11.8 Å². The summed E-state index contributed by atoms with van der Waals surface area (Å²) in [4.78, 5) is 0. The highest BCUT2D eigenvalue weighted by Gasteiger charge is 2.13. The van der Waals surface area contributed by atoms with Crippen molar-refractivity contribution in [1.82, 2.24) is 0 Å². The molecule has 0 saturated heterocycles. The largest absolute Gasteiger partial charge is 0.103 e. The second-order valence-electron chi connectivity index (χ2n) is 3.14. The number of hydrogen-bond acceptors (Lipinski definition) is 0. The second kappa shape index (κ2) is 3.60. The maximum atomic E-state index is 3.81. The second-order valence-corrected chi connectivity index (χ2v) is 3.14. The van der Waals surface area contributed by atoms with Gasteiger partial charge in [-0.3, -0.25) is 0 Å². The lowest BCUT2D eigenvalue weighted by Crippen LogP contribution is -2.10. The molecule has 0 aromatic carbocycles. The van der Waals surface area contributed by atoms with Crippen molar-refractivity contribution in [3.63, 3.8) is 0 Å². The van der Waals surface area contributed by atoms with E-state index in [9.17, 15) is 0 Å². The molecule has 0 aromatic heterocycles. The Morgan fingerprint density at radius 1 is 1.60 bits per heavy atom. The van der Waals surface area contributed by atoms with Crippen LogP contribution in [0.25, 0.3) is 0 Å². The Bertz CT molecular complexity index is 133. The SMILES string of the molecule is C=CC(C)C1CC=CCC1. The molecule has 0 amide bonds. The molecule has 56 valence electrons. The molecule has 0 fully saturated rings. The van der Waals surface area contributed by atoms with Gasteiger partial charge in [0.25, 0.3) is 0 Å². The normalized spacial score (nSPS) is 27.9. The molecule has 1 aliphatic rings. The average Bonchev–Trinajstić information content (AvgIpc) is 2.05. The van der Waals surface area contributed by atoms with Crippen LogP contribution in [0.2, 0.25) is 0 Å². The Kier molecular flexibility index (Phi) is 2.73. The summed E-state index contributed by atoms with van der Waals surface area (Å²) in [7, 11) is 0. The van der Waals surface area contributed by atoms with Crippen LogP contribution in [0.1, 0.15) is 26.2 Å². The fourth-order valence-electron chi connectivity index (χ4n) is 1.49. The van der Waals surface area contributed by atoms with E-state index in [1.54, 1.807) is 0 Å². The van der Waals surface area contributed by atoms with Crippen molar-refractivity contribution in [2.75, 3.05) is 0 Å². The van der Waals surface area contributed by atoms with E-state index >= 15 is 0 Å². The summed E-state index contributed by atoms with van der Waals surface area (Å²) in [6.07, 6.45) is 10.5. The Balaban J connectivity index is 2.40. The topological polar surface area (TPSA) is 0 Å². The van der Waals surface area contributed by atoms with E-state index in [1.807, 2.05) is 0 Å². The molecule has 0 bridgehead atoms. The molecule has 0 saturated carbocycles. The Labute approximate surface area is 63.6 Å². The molecule has 0 N–H and O–H groups in total. The monoisotopic (exact) mass is 136 g/mol. The summed E-state index contributed by atoms with van der Waals surface area (Å²) in [6, 6.07) is 0. The minimum atomic E-state index is 0.699. The third-order valence-electron chi connectivity index (χ3n) is 2.42. The minimum Gasteiger partial charge on any atom is -0.103 e. The zero-order chi connectivity index (χ0) is 7.40. The van der Waals surface area contributed by atoms with Gasteiger partial charge in [0.1, 0.15) is 0 Å². The summed E-state index contributed by atoms with van der Waals surface area (Å²) in [5, 5.41) is 0. The Morgan fingerprint density at radius 3 is 2.90 bits per heavy atom. The van der Waals surface area contributed by atoms with Gasteiger partial charge in [-0.05, 0) is 31.1 Å². The lowest BCUT2D eigenvalue weighted by molar-refractivity contribution is 0.388. The zero-order valence-electron chi connectivity index (χ0n) is 6.72. The first-order chi connectivity index (χ1) is 4.84. The van der Waals surface area contributed by atoms with Crippen molar-refractivity contribution in [2.24, 2.45) is 11.8 Å². The molecular formula is C10H16. The van der Waals surface area contributed by atoms with Crippen LogP contribution < -0.4 is 0 Å². The summed E-state index contributed by atoms with van der Waals surface area (Å²) >= 11 is 0. The Hall–Kier alpha value is -0.520. The molecule has 0 aliphatic heterocycles. The van der Waals surface area contributed by atoms with Crippen molar-refractivity contribution in [3.05, 3.63) is 24.8 Å². The van der Waals surface area contributed by atoms with Crippen molar-refractivity contribution >= 4 is 0 Å². The van der Waals surface area contributed by atoms with Gasteiger partial charge < -0.3 is 0 Å². The van der Waals surface area contributed by atoms with Crippen LogP contribution in [-0.2, 0) is 0 Å². The van der Waals surface area contributed by atoms with Crippen LogP contribution in [0.3, 0.4) is 0 Å². The van der Waals surface area contributed by atoms with E-state index in [0.29, 0.717) is 5.92 Å². The predicted molar refractivity (Wildman–Crippen MR) is 45.8 cm³/mol. The first-order valence-electron chi connectivity index (χ1n) is 4.12.